The predicted molar refractivity (Wildman–Crippen MR) is 115 cm³/mol. The molecule has 148 valence electrons. The van der Waals surface area contributed by atoms with Crippen molar-refractivity contribution < 1.29 is 9.26 Å². The van der Waals surface area contributed by atoms with Gasteiger partial charge in [-0.1, -0.05) is 64.1 Å². The minimum atomic E-state index is 0.408. The van der Waals surface area contributed by atoms with Crippen LogP contribution in [0, 0.1) is 0 Å². The average Bonchev–Trinajstić information content (AvgIpc) is 3.41. The standard InChI is InChI=1S/C19H16ClN5O2S2/c1-26-13-8-6-12(7-9-13)10-21-18-23-24-19(29-18)28-11-16-22-17(27-25-16)14-4-2-3-5-15(14)20/h2-9H,10-11H2,1H3,(H,21,23). The molecule has 0 aliphatic heterocycles. The van der Waals surface area contributed by atoms with E-state index in [1.165, 1.54) is 23.1 Å². The number of benzene rings is 2. The molecule has 1 N–H and O–H groups in total. The topological polar surface area (TPSA) is 86.0 Å². The molecule has 0 aliphatic rings. The van der Waals surface area contributed by atoms with E-state index >= 15 is 0 Å². The first-order valence-electron chi connectivity index (χ1n) is 8.62. The van der Waals surface area contributed by atoms with Crippen molar-refractivity contribution in [2.75, 3.05) is 12.4 Å². The Morgan fingerprint density at radius 1 is 1.14 bits per heavy atom. The van der Waals surface area contributed by atoms with Crippen LogP contribution in [-0.4, -0.2) is 27.4 Å². The van der Waals surface area contributed by atoms with Crippen LogP contribution < -0.4 is 10.1 Å². The van der Waals surface area contributed by atoms with Crippen molar-refractivity contribution in [1.82, 2.24) is 20.3 Å². The number of nitrogens with zero attached hydrogens (tertiary/aromatic N) is 4. The molecule has 0 unspecified atom stereocenters. The summed E-state index contributed by atoms with van der Waals surface area (Å²) in [6.45, 7) is 0.662. The van der Waals surface area contributed by atoms with Crippen molar-refractivity contribution in [3.8, 4) is 17.2 Å². The lowest BCUT2D eigenvalue weighted by molar-refractivity contribution is 0.414. The maximum absolute atomic E-state index is 6.17. The molecule has 0 fully saturated rings. The summed E-state index contributed by atoms with van der Waals surface area (Å²) in [6, 6.07) is 15.2. The molecule has 0 aliphatic carbocycles. The fourth-order valence-corrected chi connectivity index (χ4v) is 4.25. The number of halogens is 1. The highest BCUT2D eigenvalue weighted by molar-refractivity contribution is 8.00. The van der Waals surface area contributed by atoms with E-state index in [9.17, 15) is 0 Å². The molecular weight excluding hydrogens is 430 g/mol. The van der Waals surface area contributed by atoms with Gasteiger partial charge in [-0.2, -0.15) is 4.98 Å². The highest BCUT2D eigenvalue weighted by atomic mass is 35.5. The van der Waals surface area contributed by atoms with Gasteiger partial charge in [0.1, 0.15) is 5.75 Å². The quantitative estimate of drug-likeness (QED) is 0.372. The van der Waals surface area contributed by atoms with Gasteiger partial charge >= 0.3 is 0 Å². The van der Waals surface area contributed by atoms with E-state index in [0.717, 1.165) is 26.3 Å². The second-order valence-electron chi connectivity index (χ2n) is 5.86. The predicted octanol–water partition coefficient (Wildman–Crippen LogP) is 5.15. The fraction of sp³-hybridized carbons (Fsp3) is 0.158. The van der Waals surface area contributed by atoms with Crippen molar-refractivity contribution in [2.45, 2.75) is 16.6 Å². The van der Waals surface area contributed by atoms with E-state index in [-0.39, 0.29) is 0 Å². The summed E-state index contributed by atoms with van der Waals surface area (Å²) in [5, 5.41) is 17.0. The van der Waals surface area contributed by atoms with Gasteiger partial charge in [-0.3, -0.25) is 0 Å². The molecule has 0 bridgehead atoms. The van der Waals surface area contributed by atoms with Crippen LogP contribution in [0.2, 0.25) is 5.02 Å². The maximum Gasteiger partial charge on any atom is 0.259 e. The largest absolute Gasteiger partial charge is 0.497 e. The number of aromatic nitrogens is 4. The molecule has 2 aromatic heterocycles. The zero-order valence-corrected chi connectivity index (χ0v) is 17.7. The summed E-state index contributed by atoms with van der Waals surface area (Å²) in [6.07, 6.45) is 0. The number of rotatable bonds is 8. The highest BCUT2D eigenvalue weighted by Gasteiger charge is 2.13. The van der Waals surface area contributed by atoms with E-state index < -0.39 is 0 Å². The zero-order valence-electron chi connectivity index (χ0n) is 15.3. The van der Waals surface area contributed by atoms with Crippen molar-refractivity contribution in [3.05, 3.63) is 64.9 Å². The van der Waals surface area contributed by atoms with Crippen LogP contribution >= 0.6 is 34.7 Å². The van der Waals surface area contributed by atoms with Crippen molar-refractivity contribution in [3.63, 3.8) is 0 Å². The number of methoxy groups -OCH3 is 1. The first-order valence-corrected chi connectivity index (χ1v) is 10.8. The lowest BCUT2D eigenvalue weighted by atomic mass is 10.2. The summed E-state index contributed by atoms with van der Waals surface area (Å²) in [5.74, 6) is 2.35. The van der Waals surface area contributed by atoms with Gasteiger partial charge in [-0.15, -0.1) is 10.2 Å². The van der Waals surface area contributed by atoms with Crippen LogP contribution in [0.15, 0.2) is 57.4 Å². The molecule has 29 heavy (non-hydrogen) atoms. The van der Waals surface area contributed by atoms with Gasteiger partial charge in [0.05, 0.1) is 23.4 Å². The summed E-state index contributed by atoms with van der Waals surface area (Å²) < 4.78 is 11.3. The Morgan fingerprint density at radius 2 is 1.97 bits per heavy atom. The van der Waals surface area contributed by atoms with Gasteiger partial charge in [-0.05, 0) is 29.8 Å². The Hall–Kier alpha value is -2.62. The summed E-state index contributed by atoms with van der Waals surface area (Å²) >= 11 is 9.16. The van der Waals surface area contributed by atoms with Crippen LogP contribution in [0.4, 0.5) is 5.13 Å². The van der Waals surface area contributed by atoms with Crippen LogP contribution in [0.25, 0.3) is 11.5 Å². The Labute approximate surface area is 180 Å². The Balaban J connectivity index is 1.31. The van der Waals surface area contributed by atoms with E-state index in [1.807, 2.05) is 42.5 Å². The van der Waals surface area contributed by atoms with Gasteiger partial charge in [-0.25, -0.2) is 0 Å². The molecule has 0 amide bonds. The Kier molecular flexibility index (Phi) is 6.28. The van der Waals surface area contributed by atoms with Crippen molar-refractivity contribution >= 4 is 39.8 Å². The van der Waals surface area contributed by atoms with E-state index in [4.69, 9.17) is 20.9 Å². The molecule has 0 saturated heterocycles. The normalized spacial score (nSPS) is 10.8. The first kappa shape index (κ1) is 19.7. The number of hydrogen-bond donors (Lipinski definition) is 1. The van der Waals surface area contributed by atoms with Crippen LogP contribution in [0.3, 0.4) is 0 Å². The molecule has 0 saturated carbocycles. The van der Waals surface area contributed by atoms with Gasteiger partial charge < -0.3 is 14.6 Å². The molecule has 2 heterocycles. The van der Waals surface area contributed by atoms with Gasteiger partial charge in [0.15, 0.2) is 10.2 Å². The molecule has 4 aromatic rings. The number of hydrogen-bond acceptors (Lipinski definition) is 9. The van der Waals surface area contributed by atoms with Crippen molar-refractivity contribution in [2.24, 2.45) is 0 Å². The smallest absolute Gasteiger partial charge is 0.259 e. The van der Waals surface area contributed by atoms with Crippen molar-refractivity contribution in [1.29, 1.82) is 0 Å². The first-order chi connectivity index (χ1) is 14.2. The molecule has 0 spiro atoms. The van der Waals surface area contributed by atoms with E-state index in [1.54, 1.807) is 13.2 Å². The lowest BCUT2D eigenvalue weighted by Crippen LogP contribution is -1.98. The van der Waals surface area contributed by atoms with Crippen LogP contribution in [-0.2, 0) is 12.3 Å². The van der Waals surface area contributed by atoms with Gasteiger partial charge in [0, 0.05) is 6.54 Å². The molecule has 0 atom stereocenters. The summed E-state index contributed by atoms with van der Waals surface area (Å²) in [5.41, 5.74) is 1.85. The third kappa shape index (κ3) is 5.06. The molecule has 0 radical (unpaired) electrons. The van der Waals surface area contributed by atoms with E-state index in [0.29, 0.717) is 29.0 Å². The average molecular weight is 446 g/mol. The summed E-state index contributed by atoms with van der Waals surface area (Å²) in [4.78, 5) is 4.40. The minimum absolute atomic E-state index is 0.408. The van der Waals surface area contributed by atoms with Crippen LogP contribution in [0.5, 0.6) is 5.75 Å². The second kappa shape index (κ2) is 9.25. The molecule has 4 rings (SSSR count). The minimum Gasteiger partial charge on any atom is -0.497 e. The molecular formula is C19H16ClN5O2S2. The fourth-order valence-electron chi connectivity index (χ4n) is 2.44. The maximum atomic E-state index is 6.17. The van der Waals surface area contributed by atoms with Crippen LogP contribution in [0.1, 0.15) is 11.4 Å². The monoisotopic (exact) mass is 445 g/mol. The molecule has 10 heteroatoms. The third-order valence-electron chi connectivity index (χ3n) is 3.91. The number of anilines is 1. The number of ether oxygens (including phenoxy) is 1. The lowest BCUT2D eigenvalue weighted by Gasteiger charge is -2.03. The van der Waals surface area contributed by atoms with Gasteiger partial charge in [0.25, 0.3) is 5.89 Å². The van der Waals surface area contributed by atoms with Gasteiger partial charge in [0.2, 0.25) is 5.13 Å². The SMILES string of the molecule is COc1ccc(CNc2nnc(SCc3noc(-c4ccccc4Cl)n3)s2)cc1. The zero-order chi connectivity index (χ0) is 20.1. The Morgan fingerprint density at radius 3 is 2.76 bits per heavy atom. The summed E-state index contributed by atoms with van der Waals surface area (Å²) in [7, 11) is 1.65. The van der Waals surface area contributed by atoms with E-state index in [2.05, 4.69) is 25.7 Å². The third-order valence-corrected chi connectivity index (χ3v) is 6.25. The molecule has 7 nitrogen and oxygen atoms in total. The highest BCUT2D eigenvalue weighted by Crippen LogP contribution is 2.30. The Bertz CT molecular complexity index is 1080. The number of nitrogens with one attached hydrogen (secondary N) is 1. The molecule has 2 aromatic carbocycles. The number of thioether (sulfide) groups is 1. The second-order valence-corrected chi connectivity index (χ2v) is 8.47.